The highest BCUT2D eigenvalue weighted by molar-refractivity contribution is 9.10. The number of para-hydroxylation sites is 1. The molecule has 0 saturated carbocycles. The molecule has 0 spiro atoms. The van der Waals surface area contributed by atoms with Crippen molar-refractivity contribution in [1.29, 1.82) is 0 Å². The number of carbonyl (C=O) groups is 1. The van der Waals surface area contributed by atoms with Gasteiger partial charge in [0.1, 0.15) is 11.9 Å². The van der Waals surface area contributed by atoms with E-state index in [0.717, 1.165) is 17.3 Å². The van der Waals surface area contributed by atoms with E-state index < -0.39 is 0 Å². The summed E-state index contributed by atoms with van der Waals surface area (Å²) in [6.07, 6.45) is 4.93. The highest BCUT2D eigenvalue weighted by Crippen LogP contribution is 2.23. The SMILES string of the molecule is CCOc1ccccc1C(=O)N1CCCC(Oc2ncc(Br)cn2)C1. The lowest BCUT2D eigenvalue weighted by atomic mass is 10.1. The van der Waals surface area contributed by atoms with E-state index in [2.05, 4.69) is 25.9 Å². The van der Waals surface area contributed by atoms with Crippen LogP contribution in [-0.2, 0) is 0 Å². The van der Waals surface area contributed by atoms with Crippen LogP contribution in [0.25, 0.3) is 0 Å². The number of likely N-dealkylation sites (tertiary alicyclic amines) is 1. The van der Waals surface area contributed by atoms with Gasteiger partial charge in [-0.05, 0) is 47.8 Å². The highest BCUT2D eigenvalue weighted by Gasteiger charge is 2.27. The average molecular weight is 406 g/mol. The molecule has 1 amide bonds. The maximum Gasteiger partial charge on any atom is 0.316 e. The maximum absolute atomic E-state index is 12.9. The summed E-state index contributed by atoms with van der Waals surface area (Å²) in [4.78, 5) is 23.0. The molecular weight excluding hydrogens is 386 g/mol. The predicted octanol–water partition coefficient (Wildman–Crippen LogP) is 3.32. The Hall–Kier alpha value is -2.15. The lowest BCUT2D eigenvalue weighted by Crippen LogP contribution is -2.44. The number of nitrogens with zero attached hydrogens (tertiary/aromatic N) is 3. The van der Waals surface area contributed by atoms with Gasteiger partial charge in [0.2, 0.25) is 0 Å². The molecule has 132 valence electrons. The number of hydrogen-bond acceptors (Lipinski definition) is 5. The van der Waals surface area contributed by atoms with Crippen LogP contribution in [0.2, 0.25) is 0 Å². The summed E-state index contributed by atoms with van der Waals surface area (Å²) in [5.41, 5.74) is 0.588. The first-order valence-corrected chi connectivity index (χ1v) is 9.12. The second-order valence-electron chi connectivity index (χ2n) is 5.75. The Morgan fingerprint density at radius 2 is 2.08 bits per heavy atom. The van der Waals surface area contributed by atoms with Gasteiger partial charge in [0.05, 0.1) is 23.2 Å². The van der Waals surface area contributed by atoms with Gasteiger partial charge in [-0.1, -0.05) is 12.1 Å². The first kappa shape index (κ1) is 17.7. The summed E-state index contributed by atoms with van der Waals surface area (Å²) in [6.45, 7) is 3.65. The first-order chi connectivity index (χ1) is 12.2. The molecular formula is C18H20BrN3O3. The minimum absolute atomic E-state index is 0.0333. The summed E-state index contributed by atoms with van der Waals surface area (Å²) in [7, 11) is 0. The van der Waals surface area contributed by atoms with Crippen LogP contribution in [0.1, 0.15) is 30.1 Å². The summed E-state index contributed by atoms with van der Waals surface area (Å²) < 4.78 is 12.2. The van der Waals surface area contributed by atoms with Crippen molar-refractivity contribution in [3.63, 3.8) is 0 Å². The quantitative estimate of drug-likeness (QED) is 0.763. The van der Waals surface area contributed by atoms with Crippen LogP contribution in [0.15, 0.2) is 41.1 Å². The van der Waals surface area contributed by atoms with Gasteiger partial charge in [-0.3, -0.25) is 4.79 Å². The molecule has 1 unspecified atom stereocenters. The molecule has 1 saturated heterocycles. The van der Waals surface area contributed by atoms with Gasteiger partial charge < -0.3 is 14.4 Å². The van der Waals surface area contributed by atoms with Crippen molar-refractivity contribution < 1.29 is 14.3 Å². The molecule has 0 N–H and O–H groups in total. The highest BCUT2D eigenvalue weighted by atomic mass is 79.9. The molecule has 0 bridgehead atoms. The number of ether oxygens (including phenoxy) is 2. The number of carbonyl (C=O) groups excluding carboxylic acids is 1. The summed E-state index contributed by atoms with van der Waals surface area (Å²) in [5, 5.41) is 0. The molecule has 1 aromatic carbocycles. The van der Waals surface area contributed by atoms with Crippen molar-refractivity contribution in [2.45, 2.75) is 25.9 Å². The Labute approximate surface area is 155 Å². The smallest absolute Gasteiger partial charge is 0.316 e. The Morgan fingerprint density at radius 3 is 2.84 bits per heavy atom. The van der Waals surface area contributed by atoms with Crippen LogP contribution in [0, 0.1) is 0 Å². The molecule has 0 aliphatic carbocycles. The number of rotatable bonds is 5. The Kier molecular flexibility index (Phi) is 5.86. The molecule has 3 rings (SSSR count). The van der Waals surface area contributed by atoms with Crippen molar-refractivity contribution >= 4 is 21.8 Å². The van der Waals surface area contributed by atoms with Crippen molar-refractivity contribution in [3.05, 3.63) is 46.7 Å². The van der Waals surface area contributed by atoms with Crippen molar-refractivity contribution in [2.24, 2.45) is 0 Å². The van der Waals surface area contributed by atoms with E-state index in [4.69, 9.17) is 9.47 Å². The van der Waals surface area contributed by atoms with Crippen LogP contribution in [0.5, 0.6) is 11.8 Å². The zero-order chi connectivity index (χ0) is 17.6. The molecule has 1 fully saturated rings. The van der Waals surface area contributed by atoms with E-state index in [1.54, 1.807) is 18.5 Å². The lowest BCUT2D eigenvalue weighted by Gasteiger charge is -2.32. The third-order valence-corrected chi connectivity index (χ3v) is 4.36. The fourth-order valence-corrected chi connectivity index (χ4v) is 3.03. The molecule has 2 aromatic rings. The summed E-state index contributed by atoms with van der Waals surface area (Å²) >= 11 is 3.30. The monoisotopic (exact) mass is 405 g/mol. The third kappa shape index (κ3) is 4.48. The average Bonchev–Trinajstić information content (AvgIpc) is 2.64. The van der Waals surface area contributed by atoms with Gasteiger partial charge >= 0.3 is 6.01 Å². The Morgan fingerprint density at radius 1 is 1.32 bits per heavy atom. The van der Waals surface area contributed by atoms with Gasteiger partial charge in [-0.25, -0.2) is 9.97 Å². The molecule has 1 aliphatic heterocycles. The fraction of sp³-hybridized carbons (Fsp3) is 0.389. The van der Waals surface area contributed by atoms with Crippen LogP contribution >= 0.6 is 15.9 Å². The third-order valence-electron chi connectivity index (χ3n) is 3.95. The van der Waals surface area contributed by atoms with Crippen molar-refractivity contribution in [3.8, 4) is 11.8 Å². The molecule has 1 atom stereocenters. The fourth-order valence-electron chi connectivity index (χ4n) is 2.82. The largest absolute Gasteiger partial charge is 0.493 e. The van der Waals surface area contributed by atoms with E-state index in [1.807, 2.05) is 30.0 Å². The van der Waals surface area contributed by atoms with E-state index in [9.17, 15) is 4.79 Å². The number of hydrogen-bond donors (Lipinski definition) is 0. The topological polar surface area (TPSA) is 64.5 Å². The van der Waals surface area contributed by atoms with E-state index in [-0.39, 0.29) is 12.0 Å². The minimum atomic E-state index is -0.113. The number of amides is 1. The van der Waals surface area contributed by atoms with Crippen molar-refractivity contribution in [2.75, 3.05) is 19.7 Å². The Bertz CT molecular complexity index is 724. The van der Waals surface area contributed by atoms with Gasteiger partial charge in [-0.15, -0.1) is 0 Å². The zero-order valence-electron chi connectivity index (χ0n) is 14.0. The standard InChI is InChI=1S/C18H20BrN3O3/c1-2-24-16-8-4-3-7-15(16)17(23)22-9-5-6-14(12-22)25-18-20-10-13(19)11-21-18/h3-4,7-8,10-11,14H,2,5-6,9,12H2,1H3. The van der Waals surface area contributed by atoms with Gasteiger partial charge in [0.15, 0.2) is 0 Å². The predicted molar refractivity (Wildman–Crippen MR) is 96.9 cm³/mol. The minimum Gasteiger partial charge on any atom is -0.493 e. The zero-order valence-corrected chi connectivity index (χ0v) is 15.6. The maximum atomic E-state index is 12.9. The molecule has 1 aromatic heterocycles. The van der Waals surface area contributed by atoms with Crippen LogP contribution in [0.3, 0.4) is 0 Å². The number of benzene rings is 1. The number of halogens is 1. The normalized spacial score (nSPS) is 17.2. The summed E-state index contributed by atoms with van der Waals surface area (Å²) in [6, 6.07) is 7.68. The van der Waals surface area contributed by atoms with Crippen LogP contribution < -0.4 is 9.47 Å². The van der Waals surface area contributed by atoms with Crippen molar-refractivity contribution in [1.82, 2.24) is 14.9 Å². The van der Waals surface area contributed by atoms with Crippen LogP contribution in [0.4, 0.5) is 0 Å². The number of aromatic nitrogens is 2. The Balaban J connectivity index is 1.68. The van der Waals surface area contributed by atoms with E-state index in [1.165, 1.54) is 0 Å². The van der Waals surface area contributed by atoms with E-state index >= 15 is 0 Å². The van der Waals surface area contributed by atoms with Gasteiger partial charge in [0.25, 0.3) is 5.91 Å². The van der Waals surface area contributed by atoms with Gasteiger partial charge in [0, 0.05) is 18.9 Å². The van der Waals surface area contributed by atoms with Crippen LogP contribution in [-0.4, -0.2) is 46.6 Å². The second-order valence-corrected chi connectivity index (χ2v) is 6.66. The van der Waals surface area contributed by atoms with Gasteiger partial charge in [-0.2, -0.15) is 0 Å². The molecule has 6 nitrogen and oxygen atoms in total. The summed E-state index contributed by atoms with van der Waals surface area (Å²) in [5.74, 6) is 0.586. The molecule has 0 radical (unpaired) electrons. The van der Waals surface area contributed by atoms with E-state index in [0.29, 0.717) is 37.0 Å². The number of piperidine rings is 1. The molecule has 1 aliphatic rings. The molecule has 2 heterocycles. The first-order valence-electron chi connectivity index (χ1n) is 8.32. The molecule has 25 heavy (non-hydrogen) atoms. The lowest BCUT2D eigenvalue weighted by molar-refractivity contribution is 0.0512. The molecule has 7 heteroatoms. The second kappa shape index (κ2) is 8.29.